The van der Waals surface area contributed by atoms with Gasteiger partial charge in [-0.1, -0.05) is 26.2 Å². The van der Waals surface area contributed by atoms with E-state index in [0.29, 0.717) is 5.91 Å². The molecule has 1 fully saturated rings. The minimum atomic E-state index is 0.0827. The van der Waals surface area contributed by atoms with Crippen molar-refractivity contribution in [3.8, 4) is 0 Å². The van der Waals surface area contributed by atoms with Crippen molar-refractivity contribution in [3.63, 3.8) is 0 Å². The Balaban J connectivity index is 2.44. The van der Waals surface area contributed by atoms with E-state index in [2.05, 4.69) is 19.2 Å². The van der Waals surface area contributed by atoms with E-state index in [4.69, 9.17) is 0 Å². The zero-order valence-corrected chi connectivity index (χ0v) is 10.8. The van der Waals surface area contributed by atoms with Gasteiger partial charge in [-0.15, -0.1) is 0 Å². The molecule has 1 aliphatic rings. The van der Waals surface area contributed by atoms with Gasteiger partial charge in [0.05, 0.1) is 6.04 Å². The van der Waals surface area contributed by atoms with Crippen LogP contribution in [0.1, 0.15) is 52.4 Å². The summed E-state index contributed by atoms with van der Waals surface area (Å²) >= 11 is 0. The van der Waals surface area contributed by atoms with Gasteiger partial charge in [-0.3, -0.25) is 4.79 Å². The molecule has 0 radical (unpaired) electrons. The minimum absolute atomic E-state index is 0.0827. The molecule has 1 amide bonds. The highest BCUT2D eigenvalue weighted by molar-refractivity contribution is 5.81. The molecule has 0 spiro atoms. The maximum Gasteiger partial charge on any atom is 0.239 e. The Morgan fingerprint density at radius 1 is 1.31 bits per heavy atom. The lowest BCUT2D eigenvalue weighted by Gasteiger charge is -2.26. The number of carbonyl (C=O) groups excluding carboxylic acids is 1. The van der Waals surface area contributed by atoms with Gasteiger partial charge in [0.25, 0.3) is 0 Å². The number of rotatable bonds is 5. The summed E-state index contributed by atoms with van der Waals surface area (Å²) in [7, 11) is 0. The smallest absolute Gasteiger partial charge is 0.239 e. The SMILES string of the molecule is CCCCN(CC)C(=O)C1CCCCCN1. The van der Waals surface area contributed by atoms with E-state index in [9.17, 15) is 4.79 Å². The fraction of sp³-hybridized carbons (Fsp3) is 0.923. The molecule has 0 bridgehead atoms. The number of hydrogen-bond donors (Lipinski definition) is 1. The number of likely N-dealkylation sites (N-methyl/N-ethyl adjacent to an activating group) is 1. The highest BCUT2D eigenvalue weighted by atomic mass is 16.2. The highest BCUT2D eigenvalue weighted by Gasteiger charge is 2.23. The van der Waals surface area contributed by atoms with Crippen molar-refractivity contribution in [2.45, 2.75) is 58.4 Å². The Morgan fingerprint density at radius 3 is 2.81 bits per heavy atom. The van der Waals surface area contributed by atoms with Gasteiger partial charge < -0.3 is 10.2 Å². The fourth-order valence-corrected chi connectivity index (χ4v) is 2.23. The second kappa shape index (κ2) is 7.66. The molecule has 1 aliphatic heterocycles. The molecule has 3 heteroatoms. The van der Waals surface area contributed by atoms with Crippen molar-refractivity contribution in [1.82, 2.24) is 10.2 Å². The summed E-state index contributed by atoms with van der Waals surface area (Å²) in [5.74, 6) is 0.317. The standard InChI is InChI=1S/C13H26N2O/c1-3-5-11-15(4-2)13(16)12-9-7-6-8-10-14-12/h12,14H,3-11H2,1-2H3. The van der Waals surface area contributed by atoms with Crippen molar-refractivity contribution in [3.05, 3.63) is 0 Å². The summed E-state index contributed by atoms with van der Waals surface area (Å²) in [4.78, 5) is 14.3. The Labute approximate surface area is 99.6 Å². The quantitative estimate of drug-likeness (QED) is 0.779. The Bertz CT molecular complexity index is 198. The Hall–Kier alpha value is -0.570. The second-order valence-electron chi connectivity index (χ2n) is 4.63. The summed E-state index contributed by atoms with van der Waals surface area (Å²) in [6, 6.07) is 0.0827. The van der Waals surface area contributed by atoms with Gasteiger partial charge in [-0.2, -0.15) is 0 Å². The van der Waals surface area contributed by atoms with E-state index in [1.807, 2.05) is 4.90 Å². The third-order valence-electron chi connectivity index (χ3n) is 3.33. The number of nitrogens with zero attached hydrogens (tertiary/aromatic N) is 1. The Kier molecular flexibility index (Phi) is 6.46. The normalized spacial score (nSPS) is 21.5. The van der Waals surface area contributed by atoms with E-state index >= 15 is 0 Å². The molecule has 1 N–H and O–H groups in total. The van der Waals surface area contributed by atoms with Crippen molar-refractivity contribution in [1.29, 1.82) is 0 Å². The van der Waals surface area contributed by atoms with E-state index in [0.717, 1.165) is 38.9 Å². The molecular formula is C13H26N2O. The molecule has 1 rings (SSSR count). The van der Waals surface area contributed by atoms with Crippen LogP contribution < -0.4 is 5.32 Å². The summed E-state index contributed by atoms with van der Waals surface area (Å²) in [6.07, 6.45) is 6.95. The van der Waals surface area contributed by atoms with Crippen molar-refractivity contribution < 1.29 is 4.79 Å². The van der Waals surface area contributed by atoms with Crippen LogP contribution in [0.4, 0.5) is 0 Å². The molecular weight excluding hydrogens is 200 g/mol. The lowest BCUT2D eigenvalue weighted by molar-refractivity contribution is -0.133. The second-order valence-corrected chi connectivity index (χ2v) is 4.63. The first-order valence-corrected chi connectivity index (χ1v) is 6.81. The maximum absolute atomic E-state index is 12.3. The first-order chi connectivity index (χ1) is 7.79. The number of carbonyl (C=O) groups is 1. The van der Waals surface area contributed by atoms with Crippen molar-refractivity contribution in [2.75, 3.05) is 19.6 Å². The molecule has 1 atom stereocenters. The molecule has 0 aliphatic carbocycles. The van der Waals surface area contributed by atoms with Crippen LogP contribution in [0.25, 0.3) is 0 Å². The monoisotopic (exact) mass is 226 g/mol. The molecule has 0 aromatic rings. The van der Waals surface area contributed by atoms with Crippen LogP contribution >= 0.6 is 0 Å². The van der Waals surface area contributed by atoms with Gasteiger partial charge in [-0.05, 0) is 32.7 Å². The van der Waals surface area contributed by atoms with Gasteiger partial charge in [0.1, 0.15) is 0 Å². The van der Waals surface area contributed by atoms with E-state index < -0.39 is 0 Å². The van der Waals surface area contributed by atoms with Gasteiger partial charge >= 0.3 is 0 Å². The molecule has 16 heavy (non-hydrogen) atoms. The fourth-order valence-electron chi connectivity index (χ4n) is 2.23. The molecule has 1 unspecified atom stereocenters. The van der Waals surface area contributed by atoms with Crippen LogP contribution in [0.3, 0.4) is 0 Å². The van der Waals surface area contributed by atoms with Crippen molar-refractivity contribution >= 4 is 5.91 Å². The molecule has 0 aromatic carbocycles. The summed E-state index contributed by atoms with van der Waals surface area (Å²) in [6.45, 7) is 7.01. The molecule has 3 nitrogen and oxygen atoms in total. The largest absolute Gasteiger partial charge is 0.342 e. The van der Waals surface area contributed by atoms with Crippen LogP contribution in [0.2, 0.25) is 0 Å². The van der Waals surface area contributed by atoms with Crippen LogP contribution in [-0.4, -0.2) is 36.5 Å². The van der Waals surface area contributed by atoms with Gasteiger partial charge in [0, 0.05) is 13.1 Å². The number of amides is 1. The first kappa shape index (κ1) is 13.5. The minimum Gasteiger partial charge on any atom is -0.342 e. The van der Waals surface area contributed by atoms with Crippen LogP contribution in [-0.2, 0) is 4.79 Å². The molecule has 1 heterocycles. The van der Waals surface area contributed by atoms with Crippen LogP contribution in [0.15, 0.2) is 0 Å². The van der Waals surface area contributed by atoms with Gasteiger partial charge in [-0.25, -0.2) is 0 Å². The summed E-state index contributed by atoms with van der Waals surface area (Å²) in [5, 5.41) is 3.38. The van der Waals surface area contributed by atoms with E-state index in [1.54, 1.807) is 0 Å². The summed E-state index contributed by atoms with van der Waals surface area (Å²) in [5.41, 5.74) is 0. The summed E-state index contributed by atoms with van der Waals surface area (Å²) < 4.78 is 0. The van der Waals surface area contributed by atoms with Crippen LogP contribution in [0.5, 0.6) is 0 Å². The predicted octanol–water partition coefficient (Wildman–Crippen LogP) is 2.17. The van der Waals surface area contributed by atoms with Gasteiger partial charge in [0.15, 0.2) is 0 Å². The zero-order chi connectivity index (χ0) is 11.8. The first-order valence-electron chi connectivity index (χ1n) is 6.81. The maximum atomic E-state index is 12.3. The molecule has 1 saturated heterocycles. The third-order valence-corrected chi connectivity index (χ3v) is 3.33. The topological polar surface area (TPSA) is 32.3 Å². The molecule has 0 saturated carbocycles. The van der Waals surface area contributed by atoms with E-state index in [-0.39, 0.29) is 6.04 Å². The number of hydrogen-bond acceptors (Lipinski definition) is 2. The number of unbranched alkanes of at least 4 members (excludes halogenated alkanes) is 1. The lowest BCUT2D eigenvalue weighted by Crippen LogP contribution is -2.46. The van der Waals surface area contributed by atoms with E-state index in [1.165, 1.54) is 19.3 Å². The average Bonchev–Trinajstić information content (AvgIpc) is 2.58. The zero-order valence-electron chi connectivity index (χ0n) is 10.8. The Morgan fingerprint density at radius 2 is 2.12 bits per heavy atom. The highest BCUT2D eigenvalue weighted by Crippen LogP contribution is 2.11. The lowest BCUT2D eigenvalue weighted by atomic mass is 10.1. The third kappa shape index (κ3) is 4.12. The van der Waals surface area contributed by atoms with Crippen LogP contribution in [0, 0.1) is 0 Å². The average molecular weight is 226 g/mol. The molecule has 0 aromatic heterocycles. The predicted molar refractivity (Wildman–Crippen MR) is 67.4 cm³/mol. The molecule has 94 valence electrons. The number of nitrogens with one attached hydrogen (secondary N) is 1. The van der Waals surface area contributed by atoms with Crippen molar-refractivity contribution in [2.24, 2.45) is 0 Å². The van der Waals surface area contributed by atoms with Gasteiger partial charge in [0.2, 0.25) is 5.91 Å².